The van der Waals surface area contributed by atoms with Gasteiger partial charge in [0.15, 0.2) is 6.10 Å². The van der Waals surface area contributed by atoms with Gasteiger partial charge in [0, 0.05) is 19.6 Å². The Morgan fingerprint density at radius 2 is 1.96 bits per heavy atom. The van der Waals surface area contributed by atoms with E-state index in [1.54, 1.807) is 0 Å². The highest BCUT2D eigenvalue weighted by atomic mass is 16.5. The van der Waals surface area contributed by atoms with Crippen molar-refractivity contribution in [2.75, 3.05) is 39.4 Å². The molecule has 1 atom stereocenters. The first-order valence-electron chi connectivity index (χ1n) is 9.49. The summed E-state index contributed by atoms with van der Waals surface area (Å²) in [6.07, 6.45) is 1.12. The fourth-order valence-corrected chi connectivity index (χ4v) is 3.18. The monoisotopic (exact) mass is 356 g/mol. The predicted molar refractivity (Wildman–Crippen MR) is 104 cm³/mol. The Morgan fingerprint density at radius 1 is 1.19 bits per heavy atom. The van der Waals surface area contributed by atoms with Gasteiger partial charge in [-0.15, -0.1) is 0 Å². The van der Waals surface area contributed by atoms with Crippen molar-refractivity contribution in [2.45, 2.75) is 25.9 Å². The van der Waals surface area contributed by atoms with E-state index in [1.807, 2.05) is 37.3 Å². The second-order valence-electron chi connectivity index (χ2n) is 6.62. The molecule has 2 aromatic carbocycles. The van der Waals surface area contributed by atoms with Crippen molar-refractivity contribution in [3.8, 4) is 5.75 Å². The molecule has 26 heavy (non-hydrogen) atoms. The van der Waals surface area contributed by atoms with Gasteiger partial charge in [0.25, 0.3) is 5.91 Å². The highest BCUT2D eigenvalue weighted by molar-refractivity contribution is 5.84. The molecule has 3 rings (SSSR count). The predicted octanol–water partition coefficient (Wildman–Crippen LogP) is 2.84. The molecule has 1 heterocycles. The number of hydrogen-bond acceptors (Lipinski definition) is 4. The molecule has 0 aromatic heterocycles. The van der Waals surface area contributed by atoms with Crippen LogP contribution in [0.15, 0.2) is 42.5 Å². The van der Waals surface area contributed by atoms with Crippen LogP contribution in [0.1, 0.15) is 19.8 Å². The first-order valence-corrected chi connectivity index (χ1v) is 9.49. The van der Waals surface area contributed by atoms with Gasteiger partial charge in [-0.25, -0.2) is 0 Å². The van der Waals surface area contributed by atoms with Gasteiger partial charge in [0.05, 0.1) is 13.2 Å². The summed E-state index contributed by atoms with van der Waals surface area (Å²) in [5.41, 5.74) is 0. The van der Waals surface area contributed by atoms with E-state index in [0.717, 1.165) is 50.4 Å². The topological polar surface area (TPSA) is 50.8 Å². The van der Waals surface area contributed by atoms with Crippen LogP contribution < -0.4 is 10.1 Å². The van der Waals surface area contributed by atoms with E-state index in [1.165, 1.54) is 5.39 Å². The Bertz CT molecular complexity index is 713. The highest BCUT2D eigenvalue weighted by Gasteiger charge is 2.18. The molecular formula is C21H28N2O3. The molecule has 0 spiro atoms. The maximum absolute atomic E-state index is 12.4. The van der Waals surface area contributed by atoms with E-state index in [9.17, 15) is 4.79 Å². The number of benzene rings is 2. The summed E-state index contributed by atoms with van der Waals surface area (Å²) < 4.78 is 11.3. The molecule has 2 aromatic rings. The number of hydrogen-bond donors (Lipinski definition) is 1. The number of morpholine rings is 1. The van der Waals surface area contributed by atoms with Crippen molar-refractivity contribution in [3.05, 3.63) is 42.5 Å². The molecule has 5 heteroatoms. The molecule has 1 fully saturated rings. The molecule has 0 unspecified atom stereocenters. The summed E-state index contributed by atoms with van der Waals surface area (Å²) in [6.45, 7) is 7.22. The molecule has 0 saturated carbocycles. The maximum Gasteiger partial charge on any atom is 0.261 e. The Labute approximate surface area is 155 Å². The first-order chi connectivity index (χ1) is 12.8. The molecule has 140 valence electrons. The summed E-state index contributed by atoms with van der Waals surface area (Å²) >= 11 is 0. The third-order valence-corrected chi connectivity index (χ3v) is 4.72. The molecule has 0 bridgehead atoms. The van der Waals surface area contributed by atoms with Crippen LogP contribution in [0.2, 0.25) is 0 Å². The van der Waals surface area contributed by atoms with E-state index < -0.39 is 6.10 Å². The Hall–Kier alpha value is -2.11. The molecular weight excluding hydrogens is 328 g/mol. The van der Waals surface area contributed by atoms with Gasteiger partial charge in [0.2, 0.25) is 0 Å². The second-order valence-corrected chi connectivity index (χ2v) is 6.62. The van der Waals surface area contributed by atoms with Crippen LogP contribution in [-0.4, -0.2) is 56.3 Å². The Balaban J connectivity index is 1.46. The fourth-order valence-electron chi connectivity index (χ4n) is 3.18. The lowest BCUT2D eigenvalue weighted by atomic mass is 10.1. The van der Waals surface area contributed by atoms with Crippen LogP contribution in [0.4, 0.5) is 0 Å². The van der Waals surface area contributed by atoms with Gasteiger partial charge in [-0.2, -0.15) is 0 Å². The van der Waals surface area contributed by atoms with Crippen molar-refractivity contribution >= 4 is 16.7 Å². The number of nitrogens with one attached hydrogen (secondary N) is 1. The number of carbonyl (C=O) groups is 1. The molecule has 1 aliphatic heterocycles. The van der Waals surface area contributed by atoms with Gasteiger partial charge in [-0.1, -0.05) is 37.3 Å². The largest absolute Gasteiger partial charge is 0.481 e. The van der Waals surface area contributed by atoms with Crippen molar-refractivity contribution in [3.63, 3.8) is 0 Å². The van der Waals surface area contributed by atoms with Crippen LogP contribution in [0.5, 0.6) is 5.75 Å². The molecule has 0 radical (unpaired) electrons. The number of ether oxygens (including phenoxy) is 2. The standard InChI is InChI=1S/C21H28N2O3/c1-2-20(21(24)22-10-5-11-23-12-14-25-15-13-23)26-19-9-8-17-6-3-4-7-18(17)16-19/h3-4,6-9,16,20H,2,5,10-15H2,1H3,(H,22,24)/t20-/m0/s1. The van der Waals surface area contributed by atoms with Crippen LogP contribution >= 0.6 is 0 Å². The summed E-state index contributed by atoms with van der Waals surface area (Å²) in [6, 6.07) is 14.1. The number of fused-ring (bicyclic) bond motifs is 1. The van der Waals surface area contributed by atoms with Crippen LogP contribution in [0.3, 0.4) is 0 Å². The molecule has 1 saturated heterocycles. The van der Waals surface area contributed by atoms with Crippen molar-refractivity contribution < 1.29 is 14.3 Å². The summed E-state index contributed by atoms with van der Waals surface area (Å²) in [5, 5.41) is 5.29. The van der Waals surface area contributed by atoms with E-state index in [0.29, 0.717) is 13.0 Å². The van der Waals surface area contributed by atoms with Crippen molar-refractivity contribution in [1.29, 1.82) is 0 Å². The minimum atomic E-state index is -0.459. The zero-order valence-electron chi connectivity index (χ0n) is 15.4. The fraction of sp³-hybridized carbons (Fsp3) is 0.476. The first kappa shape index (κ1) is 18.7. The average molecular weight is 356 g/mol. The van der Waals surface area contributed by atoms with E-state index in [-0.39, 0.29) is 5.91 Å². The van der Waals surface area contributed by atoms with E-state index in [4.69, 9.17) is 9.47 Å². The zero-order valence-corrected chi connectivity index (χ0v) is 15.4. The summed E-state index contributed by atoms with van der Waals surface area (Å²) in [4.78, 5) is 14.8. The second kappa shape index (κ2) is 9.55. The third kappa shape index (κ3) is 5.19. The molecule has 5 nitrogen and oxygen atoms in total. The lowest BCUT2D eigenvalue weighted by molar-refractivity contribution is -0.128. The molecule has 0 aliphatic carbocycles. The number of amides is 1. The highest BCUT2D eigenvalue weighted by Crippen LogP contribution is 2.22. The number of nitrogens with zero attached hydrogens (tertiary/aromatic N) is 1. The van der Waals surface area contributed by atoms with Crippen molar-refractivity contribution in [2.24, 2.45) is 0 Å². The minimum absolute atomic E-state index is 0.0392. The molecule has 1 N–H and O–H groups in total. The summed E-state index contributed by atoms with van der Waals surface area (Å²) in [7, 11) is 0. The van der Waals surface area contributed by atoms with Gasteiger partial charge in [-0.3, -0.25) is 9.69 Å². The van der Waals surface area contributed by atoms with E-state index in [2.05, 4.69) is 22.3 Å². The van der Waals surface area contributed by atoms with Gasteiger partial charge >= 0.3 is 0 Å². The zero-order chi connectivity index (χ0) is 18.2. The minimum Gasteiger partial charge on any atom is -0.481 e. The smallest absolute Gasteiger partial charge is 0.261 e. The Kier molecular flexibility index (Phi) is 6.86. The lowest BCUT2D eigenvalue weighted by Crippen LogP contribution is -2.41. The molecule has 1 aliphatic rings. The number of carbonyl (C=O) groups excluding carboxylic acids is 1. The van der Waals surface area contributed by atoms with Crippen molar-refractivity contribution in [1.82, 2.24) is 10.2 Å². The quantitative estimate of drug-likeness (QED) is 0.739. The van der Waals surface area contributed by atoms with Crippen LogP contribution in [-0.2, 0) is 9.53 Å². The van der Waals surface area contributed by atoms with Crippen LogP contribution in [0, 0.1) is 0 Å². The van der Waals surface area contributed by atoms with Gasteiger partial charge < -0.3 is 14.8 Å². The average Bonchev–Trinajstić information content (AvgIpc) is 2.70. The maximum atomic E-state index is 12.4. The van der Waals surface area contributed by atoms with E-state index >= 15 is 0 Å². The molecule has 1 amide bonds. The van der Waals surface area contributed by atoms with Gasteiger partial charge in [-0.05, 0) is 42.3 Å². The lowest BCUT2D eigenvalue weighted by Gasteiger charge is -2.26. The van der Waals surface area contributed by atoms with Gasteiger partial charge in [0.1, 0.15) is 5.75 Å². The summed E-state index contributed by atoms with van der Waals surface area (Å²) in [5.74, 6) is 0.696. The number of rotatable bonds is 8. The van der Waals surface area contributed by atoms with Crippen LogP contribution in [0.25, 0.3) is 10.8 Å². The Morgan fingerprint density at radius 3 is 2.73 bits per heavy atom. The third-order valence-electron chi connectivity index (χ3n) is 4.72. The normalized spacial score (nSPS) is 16.3. The SMILES string of the molecule is CC[C@H](Oc1ccc2ccccc2c1)C(=O)NCCCN1CCOCC1.